The van der Waals surface area contributed by atoms with Crippen LogP contribution in [-0.4, -0.2) is 45.6 Å². The summed E-state index contributed by atoms with van der Waals surface area (Å²) in [6, 6.07) is 0. The van der Waals surface area contributed by atoms with Crippen molar-refractivity contribution in [1.82, 2.24) is 5.32 Å². The van der Waals surface area contributed by atoms with Gasteiger partial charge in [0.2, 0.25) is 0 Å². The van der Waals surface area contributed by atoms with Gasteiger partial charge in [0.25, 0.3) is 5.91 Å². The first-order valence-electron chi connectivity index (χ1n) is 4.29. The van der Waals surface area contributed by atoms with Crippen molar-refractivity contribution in [3.63, 3.8) is 0 Å². The van der Waals surface area contributed by atoms with Crippen LogP contribution in [-0.2, 0) is 14.3 Å². The van der Waals surface area contributed by atoms with Gasteiger partial charge in [-0.1, -0.05) is 0 Å². The third kappa shape index (κ3) is 9.23. The molecule has 1 amide bonds. The van der Waals surface area contributed by atoms with Crippen LogP contribution >= 0.6 is 0 Å². The minimum atomic E-state index is -0.973. The number of alkyl halides is 1. The lowest BCUT2D eigenvalue weighted by atomic mass is 10.6. The normalized spacial score (nSPS) is 10.0. The Balaban J connectivity index is 2.95. The van der Waals surface area contributed by atoms with E-state index in [0.717, 1.165) is 0 Å². The summed E-state index contributed by atoms with van der Waals surface area (Å²) >= 11 is 0. The van der Waals surface area contributed by atoms with Crippen molar-refractivity contribution in [1.29, 1.82) is 0 Å². The van der Waals surface area contributed by atoms with Crippen LogP contribution in [0.15, 0.2) is 0 Å². The number of rotatable bonds is 8. The minimum absolute atomic E-state index is 0.342. The second kappa shape index (κ2) is 9.41. The van der Waals surface area contributed by atoms with Crippen molar-refractivity contribution in [2.24, 2.45) is 0 Å². The molecule has 4 nitrogen and oxygen atoms in total. The highest BCUT2D eigenvalue weighted by Gasteiger charge is 1.96. The highest BCUT2D eigenvalue weighted by molar-refractivity contribution is 5.76. The summed E-state index contributed by atoms with van der Waals surface area (Å²) in [6.45, 7) is 3.38. The molecule has 1 N–H and O–H groups in total. The van der Waals surface area contributed by atoms with E-state index in [-0.39, 0.29) is 0 Å². The van der Waals surface area contributed by atoms with Gasteiger partial charge in [-0.2, -0.15) is 0 Å². The van der Waals surface area contributed by atoms with Crippen molar-refractivity contribution >= 4 is 5.91 Å². The number of hydrogen-bond acceptors (Lipinski definition) is 3. The first kappa shape index (κ1) is 12.3. The van der Waals surface area contributed by atoms with Crippen LogP contribution in [0.2, 0.25) is 0 Å². The van der Waals surface area contributed by atoms with Gasteiger partial charge in [0.15, 0.2) is 6.67 Å². The lowest BCUT2D eigenvalue weighted by Gasteiger charge is -2.04. The second-order valence-electron chi connectivity index (χ2n) is 2.29. The average Bonchev–Trinajstić information content (AvgIpc) is 2.16. The molecule has 5 heteroatoms. The predicted molar refractivity (Wildman–Crippen MR) is 46.3 cm³/mol. The number of hydrogen-bond donors (Lipinski definition) is 1. The van der Waals surface area contributed by atoms with Crippen LogP contribution in [0.25, 0.3) is 0 Å². The van der Waals surface area contributed by atoms with Crippen molar-refractivity contribution in [3.05, 3.63) is 0 Å². The molecule has 0 fully saturated rings. The summed E-state index contributed by atoms with van der Waals surface area (Å²) in [5, 5.41) is 2.34. The smallest absolute Gasteiger partial charge is 0.251 e. The van der Waals surface area contributed by atoms with Crippen LogP contribution < -0.4 is 5.32 Å². The maximum Gasteiger partial charge on any atom is 0.251 e. The molecule has 0 unspecified atom stereocenters. The molecular weight excluding hydrogens is 177 g/mol. The zero-order valence-corrected chi connectivity index (χ0v) is 7.85. The summed E-state index contributed by atoms with van der Waals surface area (Å²) in [4.78, 5) is 10.4. The zero-order chi connectivity index (χ0) is 9.94. The fourth-order valence-electron chi connectivity index (χ4n) is 0.674. The molecule has 78 valence electrons. The van der Waals surface area contributed by atoms with Gasteiger partial charge in [-0.3, -0.25) is 4.79 Å². The molecular formula is C8H16FNO3. The molecule has 0 heterocycles. The first-order chi connectivity index (χ1) is 6.31. The number of nitrogens with one attached hydrogen (secondary N) is 1. The van der Waals surface area contributed by atoms with Gasteiger partial charge in [0, 0.05) is 13.2 Å². The summed E-state index contributed by atoms with van der Waals surface area (Å²) in [6.07, 6.45) is 0. The Labute approximate surface area is 77.4 Å². The minimum Gasteiger partial charge on any atom is -0.379 e. The molecule has 0 aromatic carbocycles. The van der Waals surface area contributed by atoms with E-state index in [9.17, 15) is 9.18 Å². The van der Waals surface area contributed by atoms with Crippen LogP contribution in [0.4, 0.5) is 4.39 Å². The molecule has 0 aliphatic carbocycles. The Morgan fingerprint density at radius 1 is 1.31 bits per heavy atom. The number of halogens is 1. The van der Waals surface area contributed by atoms with Gasteiger partial charge in [0.1, 0.15) is 0 Å². The van der Waals surface area contributed by atoms with Crippen LogP contribution in [0.1, 0.15) is 6.92 Å². The molecule has 0 rings (SSSR count). The van der Waals surface area contributed by atoms with E-state index in [4.69, 9.17) is 9.47 Å². The Bertz CT molecular complexity index is 133. The fourth-order valence-corrected chi connectivity index (χ4v) is 0.674. The zero-order valence-electron chi connectivity index (χ0n) is 7.85. The van der Waals surface area contributed by atoms with Crippen molar-refractivity contribution in [2.75, 3.05) is 39.6 Å². The maximum atomic E-state index is 11.6. The summed E-state index contributed by atoms with van der Waals surface area (Å²) in [5.74, 6) is -0.603. The SMILES string of the molecule is CCOCCOCCNC(=O)CF. The van der Waals surface area contributed by atoms with E-state index in [1.807, 2.05) is 6.92 Å². The first-order valence-corrected chi connectivity index (χ1v) is 4.29. The van der Waals surface area contributed by atoms with E-state index < -0.39 is 12.6 Å². The van der Waals surface area contributed by atoms with Crippen molar-refractivity contribution in [2.45, 2.75) is 6.92 Å². The average molecular weight is 193 g/mol. The number of ether oxygens (including phenoxy) is 2. The molecule has 0 atom stereocenters. The Hall–Kier alpha value is -0.680. The van der Waals surface area contributed by atoms with Crippen LogP contribution in [0.3, 0.4) is 0 Å². The van der Waals surface area contributed by atoms with Gasteiger partial charge < -0.3 is 14.8 Å². The molecule has 0 aliphatic heterocycles. The van der Waals surface area contributed by atoms with E-state index in [0.29, 0.717) is 33.0 Å². The molecule has 0 saturated heterocycles. The highest BCUT2D eigenvalue weighted by Crippen LogP contribution is 1.77. The van der Waals surface area contributed by atoms with Crippen molar-refractivity contribution < 1.29 is 18.7 Å². The monoisotopic (exact) mass is 193 g/mol. The second-order valence-corrected chi connectivity index (χ2v) is 2.29. The summed E-state index contributed by atoms with van der Waals surface area (Å²) < 4.78 is 21.7. The van der Waals surface area contributed by atoms with E-state index >= 15 is 0 Å². The molecule has 0 radical (unpaired) electrons. The van der Waals surface area contributed by atoms with Crippen LogP contribution in [0.5, 0.6) is 0 Å². The van der Waals surface area contributed by atoms with Crippen molar-refractivity contribution in [3.8, 4) is 0 Å². The summed E-state index contributed by atoms with van der Waals surface area (Å²) in [5.41, 5.74) is 0. The third-order valence-corrected chi connectivity index (χ3v) is 1.27. The third-order valence-electron chi connectivity index (χ3n) is 1.27. The molecule has 0 saturated carbocycles. The predicted octanol–water partition coefficient (Wildman–Crippen LogP) is 0.125. The van der Waals surface area contributed by atoms with Crippen LogP contribution in [0, 0.1) is 0 Å². The van der Waals surface area contributed by atoms with E-state index in [2.05, 4.69) is 5.32 Å². The van der Waals surface area contributed by atoms with Gasteiger partial charge in [-0.25, -0.2) is 4.39 Å². The van der Waals surface area contributed by atoms with Gasteiger partial charge in [-0.05, 0) is 6.92 Å². The Morgan fingerprint density at radius 2 is 2.00 bits per heavy atom. The molecule has 0 aliphatic rings. The number of amides is 1. The Kier molecular flexibility index (Phi) is 8.92. The van der Waals surface area contributed by atoms with E-state index in [1.54, 1.807) is 0 Å². The lowest BCUT2D eigenvalue weighted by Crippen LogP contribution is -2.28. The largest absolute Gasteiger partial charge is 0.379 e. The van der Waals surface area contributed by atoms with Gasteiger partial charge >= 0.3 is 0 Å². The topological polar surface area (TPSA) is 47.6 Å². The van der Waals surface area contributed by atoms with Gasteiger partial charge in [-0.15, -0.1) is 0 Å². The summed E-state index contributed by atoms with van der Waals surface area (Å²) in [7, 11) is 0. The maximum absolute atomic E-state index is 11.6. The van der Waals surface area contributed by atoms with E-state index in [1.165, 1.54) is 0 Å². The molecule has 0 aromatic rings. The molecule has 0 spiro atoms. The fraction of sp³-hybridized carbons (Fsp3) is 0.875. The highest BCUT2D eigenvalue weighted by atomic mass is 19.1. The molecule has 13 heavy (non-hydrogen) atoms. The standard InChI is InChI=1S/C8H16FNO3/c1-2-12-5-6-13-4-3-10-8(11)7-9/h2-7H2,1H3,(H,10,11). The molecule has 0 bridgehead atoms. The lowest BCUT2D eigenvalue weighted by molar-refractivity contribution is -0.122. The quantitative estimate of drug-likeness (QED) is 0.557. The Morgan fingerprint density at radius 3 is 2.62 bits per heavy atom. The number of carbonyl (C=O) groups excluding carboxylic acids is 1. The molecule has 0 aromatic heterocycles. The number of carbonyl (C=O) groups is 1. The van der Waals surface area contributed by atoms with Gasteiger partial charge in [0.05, 0.1) is 19.8 Å².